The summed E-state index contributed by atoms with van der Waals surface area (Å²) in [6, 6.07) is 6.22. The molecule has 1 rings (SSSR count). The van der Waals surface area contributed by atoms with Crippen molar-refractivity contribution in [3.05, 3.63) is 39.9 Å². The van der Waals surface area contributed by atoms with Crippen molar-refractivity contribution in [2.24, 2.45) is 0 Å². The Labute approximate surface area is 100 Å². The van der Waals surface area contributed by atoms with Gasteiger partial charge in [-0.15, -0.1) is 0 Å². The third-order valence-corrected chi connectivity index (χ3v) is 2.02. The predicted octanol–water partition coefficient (Wildman–Crippen LogP) is 3.40. The van der Waals surface area contributed by atoms with E-state index in [0.29, 0.717) is 0 Å². The summed E-state index contributed by atoms with van der Waals surface area (Å²) in [6.07, 6.45) is -0.268. The first-order valence-corrected chi connectivity index (χ1v) is 5.38. The minimum atomic E-state index is -0.430. The van der Waals surface area contributed by atoms with E-state index >= 15 is 0 Å². The van der Waals surface area contributed by atoms with Crippen LogP contribution in [-0.2, 0) is 9.78 Å². The van der Waals surface area contributed by atoms with E-state index in [1.54, 1.807) is 12.1 Å². The monoisotopic (exact) mass is 239 g/mol. The number of nitrogens with zero attached hydrogens (tertiary/aromatic N) is 1. The molecule has 0 heterocycles. The molecule has 5 nitrogen and oxygen atoms in total. The Bertz CT molecular complexity index is 380. The molecule has 1 aromatic rings. The van der Waals surface area contributed by atoms with Crippen LogP contribution in [0.15, 0.2) is 24.3 Å². The number of nitro groups is 1. The summed E-state index contributed by atoms with van der Waals surface area (Å²) in [6.45, 7) is 7.48. The summed E-state index contributed by atoms with van der Waals surface area (Å²) < 4.78 is 0. The van der Waals surface area contributed by atoms with Crippen LogP contribution in [0.5, 0.6) is 0 Å². The van der Waals surface area contributed by atoms with Crippen LogP contribution in [0, 0.1) is 10.1 Å². The predicted molar refractivity (Wildman–Crippen MR) is 63.4 cm³/mol. The molecule has 0 bridgehead atoms. The smallest absolute Gasteiger partial charge is 0.258 e. The molecule has 0 radical (unpaired) electrons. The number of hydrogen-bond acceptors (Lipinski definition) is 4. The lowest BCUT2D eigenvalue weighted by Gasteiger charge is -2.21. The number of hydrogen-bond donors (Lipinski definition) is 0. The van der Waals surface area contributed by atoms with Crippen molar-refractivity contribution in [1.29, 1.82) is 0 Å². The Balaban J connectivity index is 2.63. The van der Waals surface area contributed by atoms with Crippen LogP contribution >= 0.6 is 0 Å². The molecule has 0 N–H and O–H groups in total. The summed E-state index contributed by atoms with van der Waals surface area (Å²) in [5.74, 6) is 0. The first-order chi connectivity index (χ1) is 7.79. The molecule has 0 saturated carbocycles. The van der Waals surface area contributed by atoms with Crippen LogP contribution in [0.25, 0.3) is 0 Å². The zero-order valence-corrected chi connectivity index (χ0v) is 10.5. The summed E-state index contributed by atoms with van der Waals surface area (Å²) in [7, 11) is 0. The van der Waals surface area contributed by atoms with Gasteiger partial charge in [0.05, 0.1) is 10.5 Å². The normalized spacial score (nSPS) is 13.4. The van der Waals surface area contributed by atoms with Crippen molar-refractivity contribution in [2.75, 3.05) is 0 Å². The zero-order chi connectivity index (χ0) is 13.1. The average molecular weight is 239 g/mol. The molecule has 1 atom stereocenters. The quantitative estimate of drug-likeness (QED) is 0.459. The highest BCUT2D eigenvalue weighted by Crippen LogP contribution is 2.22. The number of nitro benzene ring substituents is 1. The Morgan fingerprint density at radius 1 is 1.24 bits per heavy atom. The van der Waals surface area contributed by atoms with Crippen molar-refractivity contribution < 1.29 is 14.7 Å². The number of rotatable bonds is 4. The highest BCUT2D eigenvalue weighted by molar-refractivity contribution is 5.33. The first kappa shape index (κ1) is 13.6. The molecule has 0 aliphatic carbocycles. The molecule has 17 heavy (non-hydrogen) atoms. The highest BCUT2D eigenvalue weighted by atomic mass is 17.2. The van der Waals surface area contributed by atoms with Crippen LogP contribution in [0.1, 0.15) is 39.4 Å². The lowest BCUT2D eigenvalue weighted by atomic mass is 10.1. The number of benzene rings is 1. The summed E-state index contributed by atoms with van der Waals surface area (Å²) in [4.78, 5) is 20.5. The molecule has 5 heteroatoms. The van der Waals surface area contributed by atoms with Crippen molar-refractivity contribution in [2.45, 2.75) is 39.4 Å². The van der Waals surface area contributed by atoms with Gasteiger partial charge in [0.25, 0.3) is 5.69 Å². The van der Waals surface area contributed by atoms with Gasteiger partial charge in [-0.25, -0.2) is 9.78 Å². The third kappa shape index (κ3) is 4.50. The largest absolute Gasteiger partial charge is 0.269 e. The van der Waals surface area contributed by atoms with Crippen molar-refractivity contribution in [1.82, 2.24) is 0 Å². The van der Waals surface area contributed by atoms with E-state index in [1.165, 1.54) is 12.1 Å². The second kappa shape index (κ2) is 5.25. The second-order valence-electron chi connectivity index (χ2n) is 4.78. The van der Waals surface area contributed by atoms with E-state index < -0.39 is 4.92 Å². The Kier molecular flexibility index (Phi) is 4.20. The molecule has 0 amide bonds. The molecule has 94 valence electrons. The van der Waals surface area contributed by atoms with Crippen LogP contribution in [0.2, 0.25) is 0 Å². The summed E-state index contributed by atoms with van der Waals surface area (Å²) in [5.41, 5.74) is 0.521. The molecule has 0 fully saturated rings. The van der Waals surface area contributed by atoms with E-state index in [2.05, 4.69) is 0 Å². The first-order valence-electron chi connectivity index (χ1n) is 5.38. The second-order valence-corrected chi connectivity index (χ2v) is 4.78. The maximum atomic E-state index is 10.5. The lowest BCUT2D eigenvalue weighted by molar-refractivity contribution is -0.385. The van der Waals surface area contributed by atoms with Gasteiger partial charge >= 0.3 is 0 Å². The van der Waals surface area contributed by atoms with E-state index in [-0.39, 0.29) is 17.4 Å². The molecule has 0 aliphatic rings. The van der Waals surface area contributed by atoms with Gasteiger partial charge in [0.15, 0.2) is 0 Å². The van der Waals surface area contributed by atoms with Crippen molar-refractivity contribution >= 4 is 5.69 Å². The van der Waals surface area contributed by atoms with E-state index in [9.17, 15) is 10.1 Å². The fraction of sp³-hybridized carbons (Fsp3) is 0.500. The van der Waals surface area contributed by atoms with Crippen molar-refractivity contribution in [3.63, 3.8) is 0 Å². The van der Waals surface area contributed by atoms with Crippen LogP contribution in [0.4, 0.5) is 5.69 Å². The van der Waals surface area contributed by atoms with E-state index in [1.807, 2.05) is 27.7 Å². The molecule has 1 unspecified atom stereocenters. The van der Waals surface area contributed by atoms with E-state index in [0.717, 1.165) is 5.56 Å². The zero-order valence-electron chi connectivity index (χ0n) is 10.5. The Morgan fingerprint density at radius 3 is 2.18 bits per heavy atom. The van der Waals surface area contributed by atoms with Gasteiger partial charge in [-0.1, -0.05) is 0 Å². The standard InChI is InChI=1S/C12H17NO4/c1-9(16-17-12(2,3)4)10-5-7-11(8-6-10)13(14)15/h5-9H,1-4H3. The average Bonchev–Trinajstić information content (AvgIpc) is 2.25. The highest BCUT2D eigenvalue weighted by Gasteiger charge is 2.16. The van der Waals surface area contributed by atoms with Gasteiger partial charge in [-0.05, 0) is 45.4 Å². The minimum Gasteiger partial charge on any atom is -0.258 e. The van der Waals surface area contributed by atoms with Gasteiger partial charge in [-0.3, -0.25) is 10.1 Å². The fourth-order valence-electron chi connectivity index (χ4n) is 1.14. The van der Waals surface area contributed by atoms with Gasteiger partial charge in [0, 0.05) is 12.1 Å². The Hall–Kier alpha value is -1.46. The van der Waals surface area contributed by atoms with Crippen LogP contribution in [0.3, 0.4) is 0 Å². The fourth-order valence-corrected chi connectivity index (χ4v) is 1.14. The lowest BCUT2D eigenvalue weighted by Crippen LogP contribution is -2.20. The Morgan fingerprint density at radius 2 is 1.76 bits per heavy atom. The summed E-state index contributed by atoms with van der Waals surface area (Å²) >= 11 is 0. The van der Waals surface area contributed by atoms with Crippen LogP contribution < -0.4 is 0 Å². The topological polar surface area (TPSA) is 61.6 Å². The molecular weight excluding hydrogens is 222 g/mol. The van der Waals surface area contributed by atoms with Gasteiger partial charge < -0.3 is 0 Å². The molecule has 1 aromatic carbocycles. The summed E-state index contributed by atoms with van der Waals surface area (Å²) in [5, 5.41) is 10.5. The van der Waals surface area contributed by atoms with E-state index in [4.69, 9.17) is 9.78 Å². The maximum Gasteiger partial charge on any atom is 0.269 e. The van der Waals surface area contributed by atoms with Crippen LogP contribution in [-0.4, -0.2) is 10.5 Å². The van der Waals surface area contributed by atoms with Crippen molar-refractivity contribution in [3.8, 4) is 0 Å². The van der Waals surface area contributed by atoms with Gasteiger partial charge in [0.1, 0.15) is 6.10 Å². The minimum absolute atomic E-state index is 0.0673. The van der Waals surface area contributed by atoms with Gasteiger partial charge in [-0.2, -0.15) is 0 Å². The third-order valence-electron chi connectivity index (χ3n) is 2.02. The molecule has 0 aromatic heterocycles. The molecular formula is C12H17NO4. The SMILES string of the molecule is CC(OOC(C)(C)C)c1ccc([N+](=O)[O-])cc1. The molecule has 0 saturated heterocycles. The molecule has 0 aliphatic heterocycles. The van der Waals surface area contributed by atoms with Gasteiger partial charge in [0.2, 0.25) is 0 Å². The number of non-ortho nitro benzene ring substituents is 1. The maximum absolute atomic E-state index is 10.5. The molecule has 0 spiro atoms.